The van der Waals surface area contributed by atoms with E-state index in [0.717, 1.165) is 12.4 Å². The molecule has 0 spiro atoms. The van der Waals surface area contributed by atoms with Gasteiger partial charge >= 0.3 is 6.92 Å². The maximum absolute atomic E-state index is 6.37. The summed E-state index contributed by atoms with van der Waals surface area (Å²) in [6.45, 7) is 9.92. The van der Waals surface area contributed by atoms with Crippen molar-refractivity contribution in [2.45, 2.75) is 143 Å². The van der Waals surface area contributed by atoms with Crippen LogP contribution in [0.25, 0.3) is 0 Å². The van der Waals surface area contributed by atoms with Gasteiger partial charge in [0, 0.05) is 0 Å². The van der Waals surface area contributed by atoms with Crippen molar-refractivity contribution in [3.05, 3.63) is 12.0 Å². The van der Waals surface area contributed by atoms with Gasteiger partial charge in [-0.2, -0.15) is 0 Å². The van der Waals surface area contributed by atoms with E-state index in [4.69, 9.17) is 9.39 Å². The molecule has 0 saturated carbocycles. The third-order valence-corrected chi connectivity index (χ3v) is 5.45. The van der Waals surface area contributed by atoms with E-state index in [-0.39, 0.29) is 0 Å². The SMILES string of the molecule is CCCCCCC/C=C(\OCC)OB(CCCCCCC)CCCCCCC. The standard InChI is InChI=1S/C25H51BO2/c1-5-9-12-15-16-19-22-25(27-8-4)28-26(23-20-17-13-10-6-2)24-21-18-14-11-7-3/h22H,5-21,23-24H2,1-4H3/b25-22+. The van der Waals surface area contributed by atoms with Crippen LogP contribution in [0.15, 0.2) is 12.0 Å². The molecule has 0 atom stereocenters. The molecule has 0 radical (unpaired) electrons. The van der Waals surface area contributed by atoms with E-state index < -0.39 is 0 Å². The largest absolute Gasteiger partial charge is 0.536 e. The molecule has 3 heteroatoms. The summed E-state index contributed by atoms with van der Waals surface area (Å²) in [6.07, 6.45) is 25.6. The van der Waals surface area contributed by atoms with Gasteiger partial charge in [-0.15, -0.1) is 0 Å². The van der Waals surface area contributed by atoms with Gasteiger partial charge < -0.3 is 9.39 Å². The van der Waals surface area contributed by atoms with E-state index >= 15 is 0 Å². The summed E-state index contributed by atoms with van der Waals surface area (Å²) in [5.41, 5.74) is 0. The summed E-state index contributed by atoms with van der Waals surface area (Å²) in [7, 11) is 0. The second-order valence-electron chi connectivity index (χ2n) is 8.30. The van der Waals surface area contributed by atoms with Crippen LogP contribution in [0, 0.1) is 0 Å². The average Bonchev–Trinajstić information content (AvgIpc) is 2.70. The summed E-state index contributed by atoms with van der Waals surface area (Å²) >= 11 is 0. The highest BCUT2D eigenvalue weighted by molar-refractivity contribution is 6.52. The Morgan fingerprint density at radius 2 is 1.07 bits per heavy atom. The van der Waals surface area contributed by atoms with Crippen LogP contribution in [0.5, 0.6) is 0 Å². The van der Waals surface area contributed by atoms with Crippen molar-refractivity contribution in [3.63, 3.8) is 0 Å². The van der Waals surface area contributed by atoms with Crippen LogP contribution in [0.1, 0.15) is 130 Å². The second-order valence-corrected chi connectivity index (χ2v) is 8.30. The van der Waals surface area contributed by atoms with Crippen molar-refractivity contribution in [2.75, 3.05) is 6.61 Å². The predicted molar refractivity (Wildman–Crippen MR) is 127 cm³/mol. The van der Waals surface area contributed by atoms with Crippen LogP contribution in [-0.2, 0) is 9.39 Å². The topological polar surface area (TPSA) is 18.5 Å². The Balaban J connectivity index is 4.39. The fraction of sp³-hybridized carbons (Fsp3) is 0.920. The van der Waals surface area contributed by atoms with E-state index in [9.17, 15) is 0 Å². The molecule has 0 bridgehead atoms. The number of unbranched alkanes of at least 4 members (excludes halogenated alkanes) is 13. The quantitative estimate of drug-likeness (QED) is 0.103. The molecular weight excluding hydrogens is 343 g/mol. The predicted octanol–water partition coefficient (Wildman–Crippen LogP) is 9.17. The summed E-state index contributed by atoms with van der Waals surface area (Å²) < 4.78 is 12.2. The minimum absolute atomic E-state index is 0.334. The van der Waals surface area contributed by atoms with Crippen molar-refractivity contribution in [1.29, 1.82) is 0 Å². The summed E-state index contributed by atoms with van der Waals surface area (Å²) in [4.78, 5) is 0. The zero-order valence-corrected chi connectivity index (χ0v) is 19.9. The molecule has 0 aliphatic heterocycles. The monoisotopic (exact) mass is 394 g/mol. The maximum Gasteiger partial charge on any atom is 0.361 e. The van der Waals surface area contributed by atoms with Gasteiger partial charge in [-0.1, -0.05) is 111 Å². The van der Waals surface area contributed by atoms with E-state index in [1.165, 1.54) is 109 Å². The van der Waals surface area contributed by atoms with Crippen LogP contribution in [0.3, 0.4) is 0 Å². The summed E-state index contributed by atoms with van der Waals surface area (Å²) in [5, 5.41) is 0. The minimum Gasteiger partial charge on any atom is -0.536 e. The molecule has 0 unspecified atom stereocenters. The summed E-state index contributed by atoms with van der Waals surface area (Å²) in [5.74, 6) is 0.796. The molecule has 0 aromatic heterocycles. The Morgan fingerprint density at radius 3 is 1.54 bits per heavy atom. The van der Waals surface area contributed by atoms with Crippen molar-refractivity contribution in [1.82, 2.24) is 0 Å². The first-order chi connectivity index (χ1) is 13.8. The molecule has 0 fully saturated rings. The van der Waals surface area contributed by atoms with Crippen LogP contribution in [0.4, 0.5) is 0 Å². The number of hydrogen-bond acceptors (Lipinski definition) is 2. The van der Waals surface area contributed by atoms with Gasteiger partial charge in [0.15, 0.2) is 0 Å². The van der Waals surface area contributed by atoms with Gasteiger partial charge in [0.05, 0.1) is 6.61 Å². The van der Waals surface area contributed by atoms with Crippen molar-refractivity contribution < 1.29 is 9.39 Å². The molecule has 0 aliphatic carbocycles. The Morgan fingerprint density at radius 1 is 0.607 bits per heavy atom. The third-order valence-electron chi connectivity index (χ3n) is 5.45. The maximum atomic E-state index is 6.37. The van der Waals surface area contributed by atoms with Gasteiger partial charge in [-0.3, -0.25) is 0 Å². The van der Waals surface area contributed by atoms with E-state index in [2.05, 4.69) is 33.8 Å². The minimum atomic E-state index is 0.334. The first-order valence-electron chi connectivity index (χ1n) is 12.8. The molecule has 0 N–H and O–H groups in total. The summed E-state index contributed by atoms with van der Waals surface area (Å²) in [6, 6.07) is 0. The molecule has 28 heavy (non-hydrogen) atoms. The molecule has 0 heterocycles. The smallest absolute Gasteiger partial charge is 0.361 e. The zero-order chi connectivity index (χ0) is 20.7. The molecule has 0 saturated heterocycles. The molecule has 0 aliphatic rings. The molecule has 0 aromatic rings. The first kappa shape index (κ1) is 27.4. The molecular formula is C25H51BO2. The zero-order valence-electron chi connectivity index (χ0n) is 19.9. The molecule has 0 rings (SSSR count). The van der Waals surface area contributed by atoms with E-state index in [1.54, 1.807) is 0 Å². The van der Waals surface area contributed by atoms with Gasteiger partial charge in [-0.05, 0) is 38.5 Å². The van der Waals surface area contributed by atoms with E-state index in [1.807, 2.05) is 0 Å². The van der Waals surface area contributed by atoms with Crippen LogP contribution >= 0.6 is 0 Å². The van der Waals surface area contributed by atoms with Crippen LogP contribution < -0.4 is 0 Å². The van der Waals surface area contributed by atoms with Gasteiger partial charge in [0.25, 0.3) is 5.95 Å². The second kappa shape index (κ2) is 22.7. The first-order valence-corrected chi connectivity index (χ1v) is 12.8. The van der Waals surface area contributed by atoms with Crippen molar-refractivity contribution in [3.8, 4) is 0 Å². The number of hydrogen-bond donors (Lipinski definition) is 0. The van der Waals surface area contributed by atoms with Crippen LogP contribution in [0.2, 0.25) is 12.6 Å². The fourth-order valence-corrected chi connectivity index (χ4v) is 3.63. The van der Waals surface area contributed by atoms with Gasteiger partial charge in [0.2, 0.25) is 0 Å². The Hall–Kier alpha value is -0.595. The van der Waals surface area contributed by atoms with Gasteiger partial charge in [-0.25, -0.2) is 0 Å². The number of allylic oxidation sites excluding steroid dienone is 1. The number of rotatable bonds is 22. The Labute approximate surface area is 178 Å². The molecule has 0 aromatic carbocycles. The lowest BCUT2D eigenvalue weighted by molar-refractivity contribution is 0.113. The normalized spacial score (nSPS) is 11.6. The lowest BCUT2D eigenvalue weighted by Crippen LogP contribution is -2.19. The van der Waals surface area contributed by atoms with Crippen molar-refractivity contribution >= 4 is 6.92 Å². The lowest BCUT2D eigenvalue weighted by Gasteiger charge is -2.18. The number of ether oxygens (including phenoxy) is 1. The highest BCUT2D eigenvalue weighted by Gasteiger charge is 2.18. The van der Waals surface area contributed by atoms with E-state index in [0.29, 0.717) is 13.5 Å². The highest BCUT2D eigenvalue weighted by Crippen LogP contribution is 2.19. The Kier molecular flexibility index (Phi) is 22.2. The molecule has 166 valence electrons. The highest BCUT2D eigenvalue weighted by atomic mass is 16.7. The fourth-order valence-electron chi connectivity index (χ4n) is 3.63. The molecule has 2 nitrogen and oxygen atoms in total. The Bertz CT molecular complexity index is 317. The molecule has 0 amide bonds. The average molecular weight is 394 g/mol. The lowest BCUT2D eigenvalue weighted by atomic mass is 9.59. The van der Waals surface area contributed by atoms with Gasteiger partial charge in [0.1, 0.15) is 0 Å². The van der Waals surface area contributed by atoms with Crippen LogP contribution in [-0.4, -0.2) is 13.5 Å². The van der Waals surface area contributed by atoms with Crippen molar-refractivity contribution in [2.24, 2.45) is 0 Å². The third kappa shape index (κ3) is 18.8.